The summed E-state index contributed by atoms with van der Waals surface area (Å²) in [7, 11) is 0. The maximum atomic E-state index is 2.49. The highest BCUT2D eigenvalue weighted by molar-refractivity contribution is 5.12. The molecule has 0 aliphatic heterocycles. The second-order valence-electron chi connectivity index (χ2n) is 6.15. The van der Waals surface area contributed by atoms with Gasteiger partial charge < -0.3 is 0 Å². The van der Waals surface area contributed by atoms with Crippen LogP contribution in [0.1, 0.15) is 61.3 Å². The van der Waals surface area contributed by atoms with E-state index in [0.29, 0.717) is 5.41 Å². The molecule has 1 aliphatic rings. The predicted octanol–water partition coefficient (Wildman–Crippen LogP) is 4.99. The van der Waals surface area contributed by atoms with E-state index < -0.39 is 0 Å². The average molecular weight is 210 g/mol. The first kappa shape index (κ1) is 13.1. The topological polar surface area (TPSA) is 0 Å². The summed E-state index contributed by atoms with van der Waals surface area (Å²) < 4.78 is 0. The van der Waals surface area contributed by atoms with Crippen molar-refractivity contribution in [1.82, 2.24) is 0 Å². The molecule has 0 saturated heterocycles. The Hall–Kier alpha value is 0. The number of hydrogen-bond acceptors (Lipinski definition) is 0. The van der Waals surface area contributed by atoms with Gasteiger partial charge in [-0.25, -0.2) is 0 Å². The lowest BCUT2D eigenvalue weighted by Gasteiger charge is -2.34. The molecule has 90 valence electrons. The first-order valence-electron chi connectivity index (χ1n) is 6.94. The normalized spacial score (nSPS) is 39.2. The smallest absolute Gasteiger partial charge is 0.0184 e. The van der Waals surface area contributed by atoms with Crippen molar-refractivity contribution in [2.75, 3.05) is 0 Å². The highest BCUT2D eigenvalue weighted by Gasteiger charge is 2.65. The fraction of sp³-hybridized carbons (Fsp3) is 1.00. The van der Waals surface area contributed by atoms with E-state index in [1.807, 2.05) is 0 Å². The summed E-state index contributed by atoms with van der Waals surface area (Å²) in [5, 5.41) is 0. The van der Waals surface area contributed by atoms with Crippen LogP contribution in [0.3, 0.4) is 0 Å². The molecule has 0 aromatic carbocycles. The Kier molecular flexibility index (Phi) is 3.90. The molecule has 5 atom stereocenters. The van der Waals surface area contributed by atoms with E-state index >= 15 is 0 Å². The van der Waals surface area contributed by atoms with Crippen molar-refractivity contribution in [1.29, 1.82) is 0 Å². The van der Waals surface area contributed by atoms with Crippen molar-refractivity contribution in [3.8, 4) is 0 Å². The van der Waals surface area contributed by atoms with E-state index in [1.54, 1.807) is 0 Å². The third-order valence-corrected chi connectivity index (χ3v) is 5.62. The zero-order valence-electron chi connectivity index (χ0n) is 11.8. The third-order valence-electron chi connectivity index (χ3n) is 5.62. The fourth-order valence-corrected chi connectivity index (χ4v) is 4.36. The monoisotopic (exact) mass is 210 g/mol. The van der Waals surface area contributed by atoms with Gasteiger partial charge in [0.25, 0.3) is 0 Å². The summed E-state index contributed by atoms with van der Waals surface area (Å²) in [5.74, 6) is 4.56. The van der Waals surface area contributed by atoms with E-state index in [4.69, 9.17) is 0 Å². The third kappa shape index (κ3) is 1.74. The van der Waals surface area contributed by atoms with Crippen molar-refractivity contribution >= 4 is 0 Å². The molecule has 0 heteroatoms. The van der Waals surface area contributed by atoms with Gasteiger partial charge in [-0.1, -0.05) is 61.3 Å². The minimum atomic E-state index is 0.664. The lowest BCUT2D eigenvalue weighted by Crippen LogP contribution is -2.28. The van der Waals surface area contributed by atoms with E-state index in [1.165, 1.54) is 12.8 Å². The summed E-state index contributed by atoms with van der Waals surface area (Å²) in [6.07, 6.45) is 2.72. The zero-order chi connectivity index (χ0) is 11.8. The van der Waals surface area contributed by atoms with Gasteiger partial charge in [0.05, 0.1) is 0 Å². The van der Waals surface area contributed by atoms with Crippen LogP contribution in [0.5, 0.6) is 0 Å². The van der Waals surface area contributed by atoms with E-state index in [0.717, 1.165) is 29.6 Å². The summed E-state index contributed by atoms with van der Waals surface area (Å²) in [6, 6.07) is 0. The van der Waals surface area contributed by atoms with Crippen molar-refractivity contribution in [2.24, 2.45) is 35.0 Å². The lowest BCUT2D eigenvalue weighted by atomic mass is 9.71. The summed E-state index contributed by atoms with van der Waals surface area (Å²) in [5.41, 5.74) is 0.664. The Morgan fingerprint density at radius 1 is 1.07 bits per heavy atom. The Morgan fingerprint density at radius 2 is 1.60 bits per heavy atom. The molecule has 0 aromatic heterocycles. The van der Waals surface area contributed by atoms with Gasteiger partial charge in [-0.15, -0.1) is 0 Å². The molecule has 1 fully saturated rings. The molecule has 0 heterocycles. The van der Waals surface area contributed by atoms with Gasteiger partial charge in [-0.2, -0.15) is 0 Å². The molecule has 0 radical (unpaired) electrons. The Bertz CT molecular complexity index is 198. The quantitative estimate of drug-likeness (QED) is 0.600. The summed E-state index contributed by atoms with van der Waals surface area (Å²) >= 11 is 0. The van der Waals surface area contributed by atoms with Gasteiger partial charge in [-0.3, -0.25) is 0 Å². The first-order chi connectivity index (χ1) is 6.94. The standard InChI is InChI=1S/C15H30/c1-8-11(5)15(12(6)10(3)4)13(7)14(15)9-2/h10-14H,8-9H2,1-7H3. The molecule has 0 aromatic rings. The minimum Gasteiger partial charge on any atom is -0.0651 e. The van der Waals surface area contributed by atoms with E-state index in [9.17, 15) is 0 Å². The highest BCUT2D eigenvalue weighted by atomic mass is 14.7. The molecule has 15 heavy (non-hydrogen) atoms. The maximum Gasteiger partial charge on any atom is -0.0184 e. The molecular weight excluding hydrogens is 180 g/mol. The van der Waals surface area contributed by atoms with Crippen LogP contribution in [-0.2, 0) is 0 Å². The van der Waals surface area contributed by atoms with Gasteiger partial charge >= 0.3 is 0 Å². The molecule has 1 saturated carbocycles. The Balaban J connectivity index is 2.90. The number of rotatable bonds is 5. The second-order valence-corrected chi connectivity index (χ2v) is 6.15. The van der Waals surface area contributed by atoms with Crippen molar-refractivity contribution in [3.63, 3.8) is 0 Å². The molecule has 1 rings (SSSR count). The molecular formula is C15H30. The fourth-order valence-electron chi connectivity index (χ4n) is 4.36. The van der Waals surface area contributed by atoms with Crippen LogP contribution in [0.25, 0.3) is 0 Å². The lowest BCUT2D eigenvalue weighted by molar-refractivity contribution is 0.140. The Morgan fingerprint density at radius 3 is 1.87 bits per heavy atom. The molecule has 0 nitrogen and oxygen atoms in total. The van der Waals surface area contributed by atoms with Gasteiger partial charge in [0, 0.05) is 0 Å². The molecule has 0 bridgehead atoms. The summed E-state index contributed by atoms with van der Waals surface area (Å²) in [4.78, 5) is 0. The molecule has 0 spiro atoms. The number of hydrogen-bond donors (Lipinski definition) is 0. The van der Waals surface area contributed by atoms with Crippen LogP contribution in [0.4, 0.5) is 0 Å². The SMILES string of the molecule is CCC(C)C1(C(C)C(C)C)C(C)C1CC. The maximum absolute atomic E-state index is 2.49. The van der Waals surface area contributed by atoms with Crippen LogP contribution >= 0.6 is 0 Å². The van der Waals surface area contributed by atoms with Gasteiger partial charge in [0.1, 0.15) is 0 Å². The van der Waals surface area contributed by atoms with Crippen molar-refractivity contribution < 1.29 is 0 Å². The van der Waals surface area contributed by atoms with Crippen LogP contribution in [0.2, 0.25) is 0 Å². The van der Waals surface area contributed by atoms with Gasteiger partial charge in [0.15, 0.2) is 0 Å². The van der Waals surface area contributed by atoms with Crippen LogP contribution in [0.15, 0.2) is 0 Å². The first-order valence-corrected chi connectivity index (χ1v) is 6.94. The molecule has 5 unspecified atom stereocenters. The zero-order valence-corrected chi connectivity index (χ0v) is 11.8. The molecule has 0 amide bonds. The second kappa shape index (κ2) is 4.47. The predicted molar refractivity (Wildman–Crippen MR) is 68.8 cm³/mol. The largest absolute Gasteiger partial charge is 0.0651 e. The van der Waals surface area contributed by atoms with Gasteiger partial charge in [0.2, 0.25) is 0 Å². The Labute approximate surface area is 96.8 Å². The van der Waals surface area contributed by atoms with Crippen molar-refractivity contribution in [2.45, 2.75) is 61.3 Å². The molecule has 0 N–H and O–H groups in total. The van der Waals surface area contributed by atoms with Crippen molar-refractivity contribution in [3.05, 3.63) is 0 Å². The van der Waals surface area contributed by atoms with E-state index in [-0.39, 0.29) is 0 Å². The van der Waals surface area contributed by atoms with E-state index in [2.05, 4.69) is 48.5 Å². The average Bonchev–Trinajstić information content (AvgIpc) is 2.82. The summed E-state index contributed by atoms with van der Waals surface area (Å²) in [6.45, 7) is 17.0. The van der Waals surface area contributed by atoms with Gasteiger partial charge in [-0.05, 0) is 35.0 Å². The highest BCUT2D eigenvalue weighted by Crippen LogP contribution is 2.70. The van der Waals surface area contributed by atoms with Crippen LogP contribution in [-0.4, -0.2) is 0 Å². The minimum absolute atomic E-state index is 0.664. The molecule has 1 aliphatic carbocycles. The van der Waals surface area contributed by atoms with Crippen LogP contribution < -0.4 is 0 Å². The van der Waals surface area contributed by atoms with Crippen LogP contribution in [0, 0.1) is 35.0 Å².